The lowest BCUT2D eigenvalue weighted by Crippen LogP contribution is -2.57. The molecule has 1 aliphatic rings. The molecule has 1 aliphatic heterocycles. The first-order valence-electron chi connectivity index (χ1n) is 5.63. The summed E-state index contributed by atoms with van der Waals surface area (Å²) in [6.07, 6.45) is 2.19. The van der Waals surface area contributed by atoms with Crippen LogP contribution in [0, 0.1) is 5.41 Å². The van der Waals surface area contributed by atoms with Gasteiger partial charge in [0.05, 0.1) is 5.54 Å². The molecule has 1 saturated heterocycles. The summed E-state index contributed by atoms with van der Waals surface area (Å²) in [6.45, 7) is 12.9. The van der Waals surface area contributed by atoms with Crippen LogP contribution in [0.15, 0.2) is 12.3 Å². The highest BCUT2D eigenvalue weighted by atomic mass is 16.7. The second-order valence-corrected chi connectivity index (χ2v) is 5.53. The molecule has 0 aromatic heterocycles. The van der Waals surface area contributed by atoms with Crippen molar-refractivity contribution in [3.05, 3.63) is 12.3 Å². The number of primary amides is 1. The molecule has 0 aromatic carbocycles. The zero-order valence-electron chi connectivity index (χ0n) is 10.7. The maximum Gasteiger partial charge on any atom is 0.285 e. The number of nitrogens with two attached hydrogens (primary N) is 1. The van der Waals surface area contributed by atoms with Crippen LogP contribution in [0.5, 0.6) is 0 Å². The predicted octanol–water partition coefficient (Wildman–Crippen LogP) is 1.82. The number of carbonyl (C=O) groups is 1. The maximum absolute atomic E-state index is 10.9. The molecule has 0 spiro atoms. The van der Waals surface area contributed by atoms with Crippen LogP contribution in [0.3, 0.4) is 0 Å². The van der Waals surface area contributed by atoms with Gasteiger partial charge in [-0.05, 0) is 38.7 Å². The van der Waals surface area contributed by atoms with Crippen molar-refractivity contribution >= 4 is 5.91 Å². The van der Waals surface area contributed by atoms with E-state index in [1.807, 2.05) is 5.06 Å². The summed E-state index contributed by atoms with van der Waals surface area (Å²) in [7, 11) is 0. The smallest absolute Gasteiger partial charge is 0.285 e. The molecule has 4 heteroatoms. The maximum atomic E-state index is 10.9. The zero-order valence-corrected chi connectivity index (χ0v) is 10.7. The van der Waals surface area contributed by atoms with Crippen molar-refractivity contribution in [1.82, 2.24) is 5.06 Å². The molecule has 1 fully saturated rings. The Hall–Kier alpha value is -1.03. The van der Waals surface area contributed by atoms with Gasteiger partial charge in [0.2, 0.25) is 5.76 Å². The third kappa shape index (κ3) is 2.21. The second-order valence-electron chi connectivity index (χ2n) is 5.53. The van der Waals surface area contributed by atoms with E-state index in [9.17, 15) is 4.79 Å². The number of rotatable bonds is 3. The van der Waals surface area contributed by atoms with E-state index >= 15 is 0 Å². The highest BCUT2D eigenvalue weighted by Crippen LogP contribution is 2.43. The minimum Gasteiger partial charge on any atom is -0.400 e. The van der Waals surface area contributed by atoms with Gasteiger partial charge in [0.25, 0.3) is 5.91 Å². The first-order chi connectivity index (χ1) is 7.18. The number of piperidine rings is 1. The monoisotopic (exact) mass is 226 g/mol. The summed E-state index contributed by atoms with van der Waals surface area (Å²) in [4.78, 5) is 16.4. The largest absolute Gasteiger partial charge is 0.400 e. The lowest BCUT2D eigenvalue weighted by molar-refractivity contribution is -0.232. The topological polar surface area (TPSA) is 55.6 Å². The summed E-state index contributed by atoms with van der Waals surface area (Å²) in [6, 6.07) is 0. The van der Waals surface area contributed by atoms with Gasteiger partial charge in [-0.1, -0.05) is 13.8 Å². The number of nitrogens with zero attached hydrogens (tertiary/aromatic N) is 1. The Balaban J connectivity index is 2.80. The van der Waals surface area contributed by atoms with Crippen LogP contribution in [0.4, 0.5) is 0 Å². The highest BCUT2D eigenvalue weighted by molar-refractivity contribution is 5.89. The van der Waals surface area contributed by atoms with E-state index in [0.717, 1.165) is 19.4 Å². The number of hydrogen-bond acceptors (Lipinski definition) is 3. The normalized spacial score (nSPS) is 23.8. The fourth-order valence-corrected chi connectivity index (χ4v) is 1.93. The van der Waals surface area contributed by atoms with Crippen molar-refractivity contribution in [2.24, 2.45) is 11.1 Å². The molecule has 1 amide bonds. The Morgan fingerprint density at radius 2 is 1.94 bits per heavy atom. The van der Waals surface area contributed by atoms with Crippen LogP contribution in [0.25, 0.3) is 0 Å². The van der Waals surface area contributed by atoms with E-state index in [4.69, 9.17) is 10.6 Å². The summed E-state index contributed by atoms with van der Waals surface area (Å²) in [5.41, 5.74) is 5.10. The molecule has 2 N–H and O–H groups in total. The van der Waals surface area contributed by atoms with E-state index in [2.05, 4.69) is 34.3 Å². The lowest BCUT2D eigenvalue weighted by atomic mass is 9.69. The van der Waals surface area contributed by atoms with Crippen LogP contribution in [-0.2, 0) is 9.63 Å². The van der Waals surface area contributed by atoms with Gasteiger partial charge in [-0.3, -0.25) is 4.79 Å². The standard InChI is InChI=1S/C12H22N2O2/c1-9(10(13)15)16-14-8-6-7-11(2,3)12(14,4)5/h1,6-8H2,2-5H3,(H2,13,15). The second kappa shape index (κ2) is 4.09. The number of hydrogen-bond donors (Lipinski definition) is 1. The highest BCUT2D eigenvalue weighted by Gasteiger charge is 2.46. The van der Waals surface area contributed by atoms with E-state index < -0.39 is 5.91 Å². The number of carbonyl (C=O) groups excluding carboxylic acids is 1. The minimum absolute atomic E-state index is 0.00535. The first kappa shape index (κ1) is 13.0. The molecule has 16 heavy (non-hydrogen) atoms. The van der Waals surface area contributed by atoms with E-state index in [1.165, 1.54) is 0 Å². The summed E-state index contributed by atoms with van der Waals surface area (Å²) < 4.78 is 0. The van der Waals surface area contributed by atoms with Crippen molar-refractivity contribution in [2.75, 3.05) is 6.54 Å². The molecule has 92 valence electrons. The van der Waals surface area contributed by atoms with Crippen LogP contribution >= 0.6 is 0 Å². The van der Waals surface area contributed by atoms with Crippen LogP contribution in [0.2, 0.25) is 0 Å². The minimum atomic E-state index is -0.612. The Bertz CT molecular complexity index is 308. The molecule has 0 saturated carbocycles. The number of hydroxylamine groups is 2. The fourth-order valence-electron chi connectivity index (χ4n) is 1.93. The van der Waals surface area contributed by atoms with E-state index in [1.54, 1.807) is 0 Å². The molecule has 1 rings (SSSR count). The Morgan fingerprint density at radius 3 is 2.44 bits per heavy atom. The predicted molar refractivity (Wildman–Crippen MR) is 63.2 cm³/mol. The first-order valence-corrected chi connectivity index (χ1v) is 5.63. The van der Waals surface area contributed by atoms with Gasteiger partial charge >= 0.3 is 0 Å². The van der Waals surface area contributed by atoms with E-state index in [-0.39, 0.29) is 16.7 Å². The Kier molecular flexibility index (Phi) is 3.33. The number of amides is 1. The van der Waals surface area contributed by atoms with Crippen molar-refractivity contribution in [1.29, 1.82) is 0 Å². The summed E-state index contributed by atoms with van der Waals surface area (Å²) >= 11 is 0. The van der Waals surface area contributed by atoms with Gasteiger partial charge in [-0.15, -0.1) is 5.06 Å². The third-order valence-electron chi connectivity index (χ3n) is 3.94. The molecule has 4 nitrogen and oxygen atoms in total. The molecule has 0 radical (unpaired) electrons. The Morgan fingerprint density at radius 1 is 1.38 bits per heavy atom. The van der Waals surface area contributed by atoms with Gasteiger partial charge in [-0.25, -0.2) is 0 Å². The van der Waals surface area contributed by atoms with Crippen molar-refractivity contribution in [3.63, 3.8) is 0 Å². The fraction of sp³-hybridized carbons (Fsp3) is 0.750. The summed E-state index contributed by atoms with van der Waals surface area (Å²) in [5, 5.41) is 1.82. The van der Waals surface area contributed by atoms with Gasteiger partial charge in [0.1, 0.15) is 0 Å². The average molecular weight is 226 g/mol. The molecule has 0 aliphatic carbocycles. The zero-order chi connectivity index (χ0) is 12.6. The van der Waals surface area contributed by atoms with Crippen LogP contribution in [0.1, 0.15) is 40.5 Å². The van der Waals surface area contributed by atoms with Crippen molar-refractivity contribution in [3.8, 4) is 0 Å². The summed E-state index contributed by atoms with van der Waals surface area (Å²) in [5.74, 6) is -0.607. The molecular weight excluding hydrogens is 204 g/mol. The quantitative estimate of drug-likeness (QED) is 0.590. The molecule has 1 heterocycles. The van der Waals surface area contributed by atoms with Crippen molar-refractivity contribution in [2.45, 2.75) is 46.1 Å². The SMILES string of the molecule is C=C(ON1CCCC(C)(C)C1(C)C)C(N)=O. The lowest BCUT2D eigenvalue weighted by Gasteiger charge is -2.51. The van der Waals surface area contributed by atoms with Gasteiger partial charge in [0.15, 0.2) is 0 Å². The van der Waals surface area contributed by atoms with Crippen LogP contribution in [-0.4, -0.2) is 23.1 Å². The molecule has 0 unspecified atom stereocenters. The average Bonchev–Trinajstić information content (AvgIpc) is 2.13. The molecule has 0 bridgehead atoms. The van der Waals surface area contributed by atoms with Gasteiger partial charge < -0.3 is 10.6 Å². The van der Waals surface area contributed by atoms with Gasteiger partial charge in [0, 0.05) is 6.54 Å². The van der Waals surface area contributed by atoms with E-state index in [0.29, 0.717) is 0 Å². The Labute approximate surface area is 97.4 Å². The molecular formula is C12H22N2O2. The van der Waals surface area contributed by atoms with Crippen LogP contribution < -0.4 is 5.73 Å². The molecule has 0 aromatic rings. The third-order valence-corrected chi connectivity index (χ3v) is 3.94. The molecule has 0 atom stereocenters. The van der Waals surface area contributed by atoms with Gasteiger partial charge in [-0.2, -0.15) is 0 Å². The van der Waals surface area contributed by atoms with Crippen molar-refractivity contribution < 1.29 is 9.63 Å².